The van der Waals surface area contributed by atoms with Gasteiger partial charge in [0.1, 0.15) is 5.82 Å². The van der Waals surface area contributed by atoms with Crippen molar-refractivity contribution in [2.45, 2.75) is 27.2 Å². The number of anilines is 1. The van der Waals surface area contributed by atoms with Crippen LogP contribution in [0.25, 0.3) is 11.0 Å². The third kappa shape index (κ3) is 3.05. The van der Waals surface area contributed by atoms with Crippen molar-refractivity contribution in [3.63, 3.8) is 0 Å². The average molecular weight is 261 g/mol. The molecule has 0 unspecified atom stereocenters. The molecule has 5 heteroatoms. The van der Waals surface area contributed by atoms with Crippen molar-refractivity contribution in [1.82, 2.24) is 9.97 Å². The highest BCUT2D eigenvalue weighted by molar-refractivity contribution is 5.79. The van der Waals surface area contributed by atoms with Crippen LogP contribution >= 0.6 is 0 Å². The topological polar surface area (TPSA) is 78.0 Å². The molecule has 0 aliphatic carbocycles. The molecular formula is C14H19N3O2. The standard InChI is InChI=1S/C14H19N3O2/c1-9-16-11-5-4-10(8-12(11)17-9)15-7-6-14(2,3)13(18)19/h4-5,8,15H,6-7H2,1-3H3,(H,16,17)(H,18,19). The first-order chi connectivity index (χ1) is 8.88. The van der Waals surface area contributed by atoms with Gasteiger partial charge >= 0.3 is 5.97 Å². The van der Waals surface area contributed by atoms with E-state index in [0.29, 0.717) is 13.0 Å². The molecule has 0 spiro atoms. The number of hydrogen-bond donors (Lipinski definition) is 3. The van der Waals surface area contributed by atoms with E-state index in [1.54, 1.807) is 13.8 Å². The lowest BCUT2D eigenvalue weighted by molar-refractivity contribution is -0.147. The summed E-state index contributed by atoms with van der Waals surface area (Å²) in [6, 6.07) is 5.89. The minimum Gasteiger partial charge on any atom is -0.481 e. The Hall–Kier alpha value is -2.04. The van der Waals surface area contributed by atoms with Crippen LogP contribution in [0, 0.1) is 12.3 Å². The molecule has 0 atom stereocenters. The molecule has 0 saturated carbocycles. The van der Waals surface area contributed by atoms with Crippen LogP contribution in [0.5, 0.6) is 0 Å². The Morgan fingerprint density at radius 1 is 1.47 bits per heavy atom. The first-order valence-electron chi connectivity index (χ1n) is 6.32. The number of imidazole rings is 1. The van der Waals surface area contributed by atoms with Gasteiger partial charge in [0, 0.05) is 12.2 Å². The van der Waals surface area contributed by atoms with E-state index in [1.807, 2.05) is 25.1 Å². The van der Waals surface area contributed by atoms with Gasteiger partial charge < -0.3 is 15.4 Å². The van der Waals surface area contributed by atoms with Crippen LogP contribution in [0.2, 0.25) is 0 Å². The number of aromatic amines is 1. The molecule has 1 aromatic heterocycles. The van der Waals surface area contributed by atoms with E-state index in [1.165, 1.54) is 0 Å². The Balaban J connectivity index is 2.00. The van der Waals surface area contributed by atoms with Crippen molar-refractivity contribution in [1.29, 1.82) is 0 Å². The maximum Gasteiger partial charge on any atom is 0.309 e. The number of carboxylic acids is 1. The highest BCUT2D eigenvalue weighted by atomic mass is 16.4. The molecule has 0 fully saturated rings. The molecule has 102 valence electrons. The molecule has 2 aromatic rings. The van der Waals surface area contributed by atoms with E-state index in [9.17, 15) is 4.79 Å². The molecule has 0 aliphatic rings. The van der Waals surface area contributed by atoms with E-state index in [2.05, 4.69) is 15.3 Å². The van der Waals surface area contributed by atoms with E-state index in [0.717, 1.165) is 22.5 Å². The Morgan fingerprint density at radius 2 is 2.21 bits per heavy atom. The van der Waals surface area contributed by atoms with Gasteiger partial charge in [-0.3, -0.25) is 4.79 Å². The molecule has 0 amide bonds. The van der Waals surface area contributed by atoms with Gasteiger partial charge in [-0.15, -0.1) is 0 Å². The maximum atomic E-state index is 11.0. The van der Waals surface area contributed by atoms with Crippen LogP contribution in [0.15, 0.2) is 18.2 Å². The second-order valence-electron chi connectivity index (χ2n) is 5.42. The largest absolute Gasteiger partial charge is 0.481 e. The fraction of sp³-hybridized carbons (Fsp3) is 0.429. The maximum absolute atomic E-state index is 11.0. The molecule has 19 heavy (non-hydrogen) atoms. The number of benzene rings is 1. The van der Waals surface area contributed by atoms with Crippen LogP contribution < -0.4 is 5.32 Å². The fourth-order valence-electron chi connectivity index (χ4n) is 1.87. The molecule has 0 saturated heterocycles. The van der Waals surface area contributed by atoms with Crippen molar-refractivity contribution in [2.75, 3.05) is 11.9 Å². The zero-order valence-corrected chi connectivity index (χ0v) is 11.4. The highest BCUT2D eigenvalue weighted by Crippen LogP contribution is 2.21. The molecule has 1 aromatic carbocycles. The monoisotopic (exact) mass is 261 g/mol. The molecule has 3 N–H and O–H groups in total. The summed E-state index contributed by atoms with van der Waals surface area (Å²) in [5.74, 6) is 0.119. The third-order valence-electron chi connectivity index (χ3n) is 3.26. The fourth-order valence-corrected chi connectivity index (χ4v) is 1.87. The molecule has 0 bridgehead atoms. The summed E-state index contributed by atoms with van der Waals surface area (Å²) in [7, 11) is 0. The molecule has 5 nitrogen and oxygen atoms in total. The van der Waals surface area contributed by atoms with Crippen LogP contribution in [-0.4, -0.2) is 27.6 Å². The smallest absolute Gasteiger partial charge is 0.309 e. The van der Waals surface area contributed by atoms with Crippen molar-refractivity contribution in [3.05, 3.63) is 24.0 Å². The summed E-state index contributed by atoms with van der Waals surface area (Å²) in [6.07, 6.45) is 0.572. The van der Waals surface area contributed by atoms with E-state index in [-0.39, 0.29) is 0 Å². The lowest BCUT2D eigenvalue weighted by atomic mass is 9.90. The molecule has 1 heterocycles. The summed E-state index contributed by atoms with van der Waals surface area (Å²) in [5.41, 5.74) is 2.19. The Labute approximate surface area is 112 Å². The number of nitrogens with zero attached hydrogens (tertiary/aromatic N) is 1. The van der Waals surface area contributed by atoms with Gasteiger partial charge in [-0.05, 0) is 45.4 Å². The number of rotatable bonds is 5. The number of carboxylic acid groups (broad SMARTS) is 1. The summed E-state index contributed by atoms with van der Waals surface area (Å²) in [5, 5.41) is 12.3. The predicted octanol–water partition coefficient (Wildman–Crippen LogP) is 2.78. The van der Waals surface area contributed by atoms with Gasteiger partial charge in [-0.25, -0.2) is 4.98 Å². The van der Waals surface area contributed by atoms with Crippen molar-refractivity contribution < 1.29 is 9.90 Å². The number of aryl methyl sites for hydroxylation is 1. The number of carbonyl (C=O) groups is 1. The van der Waals surface area contributed by atoms with Gasteiger partial charge in [-0.1, -0.05) is 0 Å². The first-order valence-corrected chi connectivity index (χ1v) is 6.32. The van der Waals surface area contributed by atoms with Gasteiger partial charge in [0.2, 0.25) is 0 Å². The van der Waals surface area contributed by atoms with Crippen molar-refractivity contribution >= 4 is 22.7 Å². The highest BCUT2D eigenvalue weighted by Gasteiger charge is 2.26. The number of H-pyrrole nitrogens is 1. The minimum atomic E-state index is -0.769. The number of fused-ring (bicyclic) bond motifs is 1. The zero-order chi connectivity index (χ0) is 14.0. The predicted molar refractivity (Wildman–Crippen MR) is 75.4 cm³/mol. The lowest BCUT2D eigenvalue weighted by Crippen LogP contribution is -2.26. The Morgan fingerprint density at radius 3 is 2.89 bits per heavy atom. The lowest BCUT2D eigenvalue weighted by Gasteiger charge is -2.19. The molecule has 2 rings (SSSR count). The van der Waals surface area contributed by atoms with E-state index in [4.69, 9.17) is 5.11 Å². The Bertz CT molecular complexity index is 602. The second kappa shape index (κ2) is 4.91. The van der Waals surface area contributed by atoms with Crippen LogP contribution in [0.1, 0.15) is 26.1 Å². The molecule has 0 radical (unpaired) electrons. The normalized spacial score (nSPS) is 11.7. The number of nitrogens with one attached hydrogen (secondary N) is 2. The Kier molecular flexibility index (Phi) is 3.46. The second-order valence-corrected chi connectivity index (χ2v) is 5.42. The molecular weight excluding hydrogens is 242 g/mol. The first kappa shape index (κ1) is 13.4. The van der Waals surface area contributed by atoms with Crippen LogP contribution in [0.3, 0.4) is 0 Å². The number of aromatic nitrogens is 2. The van der Waals surface area contributed by atoms with E-state index < -0.39 is 11.4 Å². The van der Waals surface area contributed by atoms with Gasteiger partial charge in [0.05, 0.1) is 16.4 Å². The summed E-state index contributed by atoms with van der Waals surface area (Å²) in [4.78, 5) is 18.5. The van der Waals surface area contributed by atoms with E-state index >= 15 is 0 Å². The van der Waals surface area contributed by atoms with Crippen molar-refractivity contribution in [2.24, 2.45) is 5.41 Å². The minimum absolute atomic E-state index is 0.572. The van der Waals surface area contributed by atoms with Crippen LogP contribution in [-0.2, 0) is 4.79 Å². The van der Waals surface area contributed by atoms with Crippen molar-refractivity contribution in [3.8, 4) is 0 Å². The number of aliphatic carboxylic acids is 1. The van der Waals surface area contributed by atoms with Gasteiger partial charge in [0.15, 0.2) is 0 Å². The third-order valence-corrected chi connectivity index (χ3v) is 3.26. The SMILES string of the molecule is Cc1nc2ccc(NCCC(C)(C)C(=O)O)cc2[nH]1. The van der Waals surface area contributed by atoms with Gasteiger partial charge in [-0.2, -0.15) is 0 Å². The van der Waals surface area contributed by atoms with Gasteiger partial charge in [0.25, 0.3) is 0 Å². The summed E-state index contributed by atoms with van der Waals surface area (Å²) < 4.78 is 0. The quantitative estimate of drug-likeness (QED) is 0.773. The zero-order valence-electron chi connectivity index (χ0n) is 11.4. The summed E-state index contributed by atoms with van der Waals surface area (Å²) >= 11 is 0. The van der Waals surface area contributed by atoms with Crippen LogP contribution in [0.4, 0.5) is 5.69 Å². The average Bonchev–Trinajstić information content (AvgIpc) is 2.68. The number of hydrogen-bond acceptors (Lipinski definition) is 3. The molecule has 0 aliphatic heterocycles. The summed E-state index contributed by atoms with van der Waals surface area (Å²) in [6.45, 7) is 6.01.